The van der Waals surface area contributed by atoms with Crippen molar-refractivity contribution in [3.05, 3.63) is 29.6 Å². The first-order valence-corrected chi connectivity index (χ1v) is 6.30. The summed E-state index contributed by atoms with van der Waals surface area (Å²) < 4.78 is 18.9. The van der Waals surface area contributed by atoms with Crippen LogP contribution in [0.3, 0.4) is 0 Å². The number of phenolic OH excluding ortho intramolecular Hbond substituents is 1. The average Bonchev–Trinajstić information content (AvgIpc) is 2.34. The average molecular weight is 238 g/mol. The lowest BCUT2D eigenvalue weighted by molar-refractivity contribution is 0.0328. The van der Waals surface area contributed by atoms with E-state index in [2.05, 4.69) is 0 Å². The lowest BCUT2D eigenvalue weighted by atomic mass is 9.82. The molecule has 0 radical (unpaired) electrons. The summed E-state index contributed by atoms with van der Waals surface area (Å²) in [5.74, 6) is -0.381. The number of ether oxygens (including phenoxy) is 1. The van der Waals surface area contributed by atoms with Crippen molar-refractivity contribution < 1.29 is 14.2 Å². The fraction of sp³-hybridized carbons (Fsp3) is 0.571. The van der Waals surface area contributed by atoms with Gasteiger partial charge in [0.1, 0.15) is 0 Å². The van der Waals surface area contributed by atoms with Gasteiger partial charge >= 0.3 is 0 Å². The van der Waals surface area contributed by atoms with Crippen molar-refractivity contribution in [2.24, 2.45) is 0 Å². The maximum absolute atomic E-state index is 13.3. The van der Waals surface area contributed by atoms with Crippen LogP contribution in [0.25, 0.3) is 0 Å². The smallest absolute Gasteiger partial charge is 0.165 e. The van der Waals surface area contributed by atoms with E-state index >= 15 is 0 Å². The number of halogens is 1. The van der Waals surface area contributed by atoms with E-state index < -0.39 is 5.82 Å². The van der Waals surface area contributed by atoms with E-state index in [1.165, 1.54) is 12.1 Å². The minimum Gasteiger partial charge on any atom is -0.505 e. The van der Waals surface area contributed by atoms with Crippen molar-refractivity contribution in [2.45, 2.75) is 44.6 Å². The molecule has 2 nitrogen and oxygen atoms in total. The van der Waals surface area contributed by atoms with Crippen LogP contribution in [0.4, 0.5) is 4.39 Å². The van der Waals surface area contributed by atoms with Crippen LogP contribution in [-0.2, 0) is 4.74 Å². The summed E-state index contributed by atoms with van der Waals surface area (Å²) in [6, 6.07) is 4.73. The van der Waals surface area contributed by atoms with Gasteiger partial charge in [-0.05, 0) is 56.2 Å². The third-order valence-corrected chi connectivity index (χ3v) is 3.52. The highest BCUT2D eigenvalue weighted by atomic mass is 19.1. The Labute approximate surface area is 101 Å². The van der Waals surface area contributed by atoms with Gasteiger partial charge in [-0.15, -0.1) is 0 Å². The maximum atomic E-state index is 13.3. The summed E-state index contributed by atoms with van der Waals surface area (Å²) in [6.07, 6.45) is 4.53. The molecular formula is C14H19FO2. The van der Waals surface area contributed by atoms with Gasteiger partial charge in [-0.2, -0.15) is 0 Å². The van der Waals surface area contributed by atoms with Crippen molar-refractivity contribution >= 4 is 0 Å². The van der Waals surface area contributed by atoms with Gasteiger partial charge in [0.05, 0.1) is 6.10 Å². The predicted octanol–water partition coefficient (Wildman–Crippen LogP) is 3.59. The monoisotopic (exact) mass is 238 g/mol. The van der Waals surface area contributed by atoms with Crippen LogP contribution in [-0.4, -0.2) is 17.8 Å². The number of phenols is 1. The van der Waals surface area contributed by atoms with E-state index in [-0.39, 0.29) is 5.75 Å². The van der Waals surface area contributed by atoms with Crippen LogP contribution in [0.15, 0.2) is 18.2 Å². The third kappa shape index (κ3) is 2.97. The summed E-state index contributed by atoms with van der Waals surface area (Å²) in [5.41, 5.74) is 0.996. The van der Waals surface area contributed by atoms with E-state index in [1.807, 2.05) is 13.0 Å². The first-order valence-electron chi connectivity index (χ1n) is 6.30. The summed E-state index contributed by atoms with van der Waals surface area (Å²) in [7, 11) is 0. The number of benzene rings is 1. The molecule has 94 valence electrons. The number of hydrogen-bond acceptors (Lipinski definition) is 2. The lowest BCUT2D eigenvalue weighted by Crippen LogP contribution is -2.20. The fourth-order valence-electron chi connectivity index (χ4n) is 2.58. The fourth-order valence-corrected chi connectivity index (χ4v) is 2.58. The Morgan fingerprint density at radius 3 is 2.59 bits per heavy atom. The predicted molar refractivity (Wildman–Crippen MR) is 64.7 cm³/mol. The molecule has 0 amide bonds. The Balaban J connectivity index is 1.98. The minimum absolute atomic E-state index is 0.267. The molecule has 17 heavy (non-hydrogen) atoms. The zero-order valence-corrected chi connectivity index (χ0v) is 10.2. The van der Waals surface area contributed by atoms with E-state index in [4.69, 9.17) is 9.84 Å². The van der Waals surface area contributed by atoms with E-state index in [0.29, 0.717) is 12.0 Å². The van der Waals surface area contributed by atoms with E-state index in [0.717, 1.165) is 37.9 Å². The molecule has 1 aliphatic carbocycles. The zero-order valence-electron chi connectivity index (χ0n) is 10.2. The Hall–Kier alpha value is -1.09. The van der Waals surface area contributed by atoms with Gasteiger partial charge in [-0.3, -0.25) is 0 Å². The van der Waals surface area contributed by atoms with Crippen LogP contribution in [0.1, 0.15) is 44.1 Å². The second-order valence-corrected chi connectivity index (χ2v) is 4.64. The molecule has 1 aromatic carbocycles. The number of rotatable bonds is 3. The SMILES string of the molecule is CCOC1CCC(c2ccc(O)c(F)c2)CC1. The Morgan fingerprint density at radius 1 is 1.29 bits per heavy atom. The largest absolute Gasteiger partial charge is 0.505 e. The molecule has 2 rings (SSSR count). The van der Waals surface area contributed by atoms with Crippen molar-refractivity contribution in [3.63, 3.8) is 0 Å². The maximum Gasteiger partial charge on any atom is 0.165 e. The van der Waals surface area contributed by atoms with Gasteiger partial charge < -0.3 is 9.84 Å². The normalized spacial score (nSPS) is 24.8. The topological polar surface area (TPSA) is 29.5 Å². The molecule has 0 unspecified atom stereocenters. The first-order chi connectivity index (χ1) is 8.20. The summed E-state index contributed by atoms with van der Waals surface area (Å²) in [4.78, 5) is 0. The lowest BCUT2D eigenvalue weighted by Gasteiger charge is -2.28. The van der Waals surface area contributed by atoms with Crippen molar-refractivity contribution in [3.8, 4) is 5.75 Å². The molecule has 1 aromatic rings. The summed E-state index contributed by atoms with van der Waals surface area (Å²) in [5, 5.41) is 9.16. The van der Waals surface area contributed by atoms with Crippen LogP contribution >= 0.6 is 0 Å². The van der Waals surface area contributed by atoms with Gasteiger partial charge in [-0.1, -0.05) is 6.07 Å². The second kappa shape index (κ2) is 5.50. The van der Waals surface area contributed by atoms with Crippen LogP contribution < -0.4 is 0 Å². The van der Waals surface area contributed by atoms with Gasteiger partial charge in [-0.25, -0.2) is 4.39 Å². The zero-order chi connectivity index (χ0) is 12.3. The van der Waals surface area contributed by atoms with Gasteiger partial charge in [0, 0.05) is 6.61 Å². The number of aromatic hydroxyl groups is 1. The van der Waals surface area contributed by atoms with E-state index in [9.17, 15) is 4.39 Å². The molecule has 0 bridgehead atoms. The van der Waals surface area contributed by atoms with Gasteiger partial charge in [0.15, 0.2) is 11.6 Å². The molecule has 0 aromatic heterocycles. The van der Waals surface area contributed by atoms with Crippen molar-refractivity contribution in [2.75, 3.05) is 6.61 Å². The van der Waals surface area contributed by atoms with Gasteiger partial charge in [0.2, 0.25) is 0 Å². The van der Waals surface area contributed by atoms with E-state index in [1.54, 1.807) is 0 Å². The highest BCUT2D eigenvalue weighted by Crippen LogP contribution is 2.35. The molecule has 3 heteroatoms. The molecule has 1 aliphatic rings. The van der Waals surface area contributed by atoms with Crippen molar-refractivity contribution in [1.29, 1.82) is 0 Å². The second-order valence-electron chi connectivity index (χ2n) is 4.64. The molecule has 0 spiro atoms. The van der Waals surface area contributed by atoms with Crippen LogP contribution in [0, 0.1) is 5.82 Å². The minimum atomic E-state index is -0.519. The Bertz CT molecular complexity index is 370. The molecule has 0 atom stereocenters. The van der Waals surface area contributed by atoms with Crippen LogP contribution in [0.2, 0.25) is 0 Å². The Kier molecular flexibility index (Phi) is 4.00. The quantitative estimate of drug-likeness (QED) is 0.872. The molecule has 1 N–H and O–H groups in total. The standard InChI is InChI=1S/C14H19FO2/c1-2-17-12-6-3-10(4-7-12)11-5-8-14(16)13(15)9-11/h5,8-10,12,16H,2-4,6-7H2,1H3. The van der Waals surface area contributed by atoms with Crippen molar-refractivity contribution in [1.82, 2.24) is 0 Å². The van der Waals surface area contributed by atoms with Crippen LogP contribution in [0.5, 0.6) is 5.75 Å². The molecule has 0 aliphatic heterocycles. The Morgan fingerprint density at radius 2 is 2.00 bits per heavy atom. The molecule has 1 fully saturated rings. The molecule has 1 saturated carbocycles. The highest BCUT2D eigenvalue weighted by molar-refractivity contribution is 5.30. The van der Waals surface area contributed by atoms with Gasteiger partial charge in [0.25, 0.3) is 0 Å². The summed E-state index contributed by atoms with van der Waals surface area (Å²) >= 11 is 0. The highest BCUT2D eigenvalue weighted by Gasteiger charge is 2.23. The number of hydrogen-bond donors (Lipinski definition) is 1. The first kappa shape index (κ1) is 12.4. The molecule has 0 heterocycles. The third-order valence-electron chi connectivity index (χ3n) is 3.52. The molecular weight excluding hydrogens is 219 g/mol. The summed E-state index contributed by atoms with van der Waals surface area (Å²) in [6.45, 7) is 2.78. The molecule has 0 saturated heterocycles.